The fraction of sp³-hybridized carbons (Fsp3) is 0.636. The maximum atomic E-state index is 12.7. The summed E-state index contributed by atoms with van der Waals surface area (Å²) in [5.41, 5.74) is 0. The van der Waals surface area contributed by atoms with Crippen LogP contribution in [0.15, 0.2) is 109 Å². The minimum absolute atomic E-state index is 0.0409. The van der Waals surface area contributed by atoms with Gasteiger partial charge in [-0.2, -0.15) is 0 Å². The van der Waals surface area contributed by atoms with Gasteiger partial charge in [0.25, 0.3) is 0 Å². The molecular formula is C55H90O5. The molecule has 0 fully saturated rings. The minimum atomic E-state index is -0.589. The fourth-order valence-corrected chi connectivity index (χ4v) is 6.20. The number of ether oxygens (including phenoxy) is 3. The van der Waals surface area contributed by atoms with Gasteiger partial charge in [-0.1, -0.05) is 182 Å². The third-order valence-electron chi connectivity index (χ3n) is 9.77. The molecule has 0 heterocycles. The van der Waals surface area contributed by atoms with Gasteiger partial charge >= 0.3 is 11.9 Å². The first kappa shape index (κ1) is 56.6. The van der Waals surface area contributed by atoms with E-state index in [1.807, 2.05) is 0 Å². The van der Waals surface area contributed by atoms with E-state index in [0.717, 1.165) is 116 Å². The van der Waals surface area contributed by atoms with Crippen LogP contribution in [0.25, 0.3) is 0 Å². The smallest absolute Gasteiger partial charge is 0.306 e. The van der Waals surface area contributed by atoms with E-state index in [-0.39, 0.29) is 25.2 Å². The highest BCUT2D eigenvalue weighted by molar-refractivity contribution is 5.70. The number of esters is 2. The molecule has 0 aromatic rings. The molecule has 0 saturated heterocycles. The second-order valence-electron chi connectivity index (χ2n) is 15.6. The summed E-state index contributed by atoms with van der Waals surface area (Å²) >= 11 is 0. The molecule has 340 valence electrons. The lowest BCUT2D eigenvalue weighted by Crippen LogP contribution is -2.30. The van der Waals surface area contributed by atoms with Gasteiger partial charge in [0, 0.05) is 19.4 Å². The van der Waals surface area contributed by atoms with Crippen molar-refractivity contribution in [1.29, 1.82) is 0 Å². The zero-order valence-corrected chi connectivity index (χ0v) is 38.9. The van der Waals surface area contributed by atoms with Crippen LogP contribution in [0.5, 0.6) is 0 Å². The Morgan fingerprint density at radius 1 is 0.383 bits per heavy atom. The Balaban J connectivity index is 4.41. The van der Waals surface area contributed by atoms with Gasteiger partial charge in [-0.3, -0.25) is 9.59 Å². The first-order chi connectivity index (χ1) is 29.6. The van der Waals surface area contributed by atoms with Crippen LogP contribution in [0.1, 0.15) is 201 Å². The average molecular weight is 831 g/mol. The average Bonchev–Trinajstić information content (AvgIpc) is 3.25. The van der Waals surface area contributed by atoms with E-state index in [4.69, 9.17) is 14.2 Å². The Bertz CT molecular complexity index is 1210. The van der Waals surface area contributed by atoms with Crippen molar-refractivity contribution in [3.05, 3.63) is 109 Å². The number of hydrogen-bond donors (Lipinski definition) is 0. The molecule has 0 aliphatic rings. The number of hydrogen-bond acceptors (Lipinski definition) is 5. The number of carbonyl (C=O) groups excluding carboxylic acids is 2. The molecule has 1 unspecified atom stereocenters. The molecule has 60 heavy (non-hydrogen) atoms. The van der Waals surface area contributed by atoms with Gasteiger partial charge in [0.2, 0.25) is 0 Å². The van der Waals surface area contributed by atoms with Crippen LogP contribution in [0, 0.1) is 0 Å². The molecule has 0 aromatic carbocycles. The summed E-state index contributed by atoms with van der Waals surface area (Å²) in [6.45, 7) is 7.38. The lowest BCUT2D eigenvalue weighted by molar-refractivity contribution is -0.163. The van der Waals surface area contributed by atoms with Crippen LogP contribution in [-0.4, -0.2) is 37.9 Å². The summed E-state index contributed by atoms with van der Waals surface area (Å²) in [6, 6.07) is 0. The Morgan fingerprint density at radius 3 is 1.22 bits per heavy atom. The van der Waals surface area contributed by atoms with Crippen molar-refractivity contribution >= 4 is 11.9 Å². The first-order valence-corrected chi connectivity index (χ1v) is 24.4. The molecule has 0 radical (unpaired) electrons. The molecule has 0 amide bonds. The predicted octanol–water partition coefficient (Wildman–Crippen LogP) is 16.4. The molecule has 0 spiro atoms. The summed E-state index contributed by atoms with van der Waals surface area (Å²) in [6.07, 6.45) is 68.2. The zero-order chi connectivity index (χ0) is 43.5. The summed E-state index contributed by atoms with van der Waals surface area (Å²) in [5.74, 6) is -0.478. The quantitative estimate of drug-likeness (QED) is 0.0348. The van der Waals surface area contributed by atoms with Crippen molar-refractivity contribution < 1.29 is 23.8 Å². The number of allylic oxidation sites excluding steroid dienone is 18. The van der Waals surface area contributed by atoms with Crippen LogP contribution in [0.3, 0.4) is 0 Å². The van der Waals surface area contributed by atoms with Gasteiger partial charge in [0.1, 0.15) is 6.61 Å². The largest absolute Gasteiger partial charge is 0.462 e. The van der Waals surface area contributed by atoms with E-state index in [1.54, 1.807) is 0 Å². The molecule has 0 saturated carbocycles. The van der Waals surface area contributed by atoms with Gasteiger partial charge in [0.15, 0.2) is 6.10 Å². The predicted molar refractivity (Wildman–Crippen MR) is 260 cm³/mol. The lowest BCUT2D eigenvalue weighted by atomic mass is 10.1. The van der Waals surface area contributed by atoms with E-state index in [9.17, 15) is 9.59 Å². The SMILES string of the molecule is CC/C=C\C/C=C\C/C=C\C/C=C\CCCOCC(COC(=O)CCCCCCCCC/C=C\C/C=C\CCCCC)OC(=O)CCCCC/C=C\C/C=C\C/C=C\CC. The Labute approximate surface area is 370 Å². The Hall–Kier alpha value is -3.44. The second-order valence-corrected chi connectivity index (χ2v) is 15.6. The van der Waals surface area contributed by atoms with E-state index in [0.29, 0.717) is 19.4 Å². The molecular weight excluding hydrogens is 741 g/mol. The molecule has 1 atom stereocenters. The molecule has 0 N–H and O–H groups in total. The summed E-state index contributed by atoms with van der Waals surface area (Å²) in [7, 11) is 0. The van der Waals surface area contributed by atoms with E-state index in [1.165, 1.54) is 51.4 Å². The topological polar surface area (TPSA) is 61.8 Å². The molecule has 5 heteroatoms. The maximum absolute atomic E-state index is 12.7. The van der Waals surface area contributed by atoms with Crippen molar-refractivity contribution in [2.45, 2.75) is 207 Å². The molecule has 0 aromatic heterocycles. The third-order valence-corrected chi connectivity index (χ3v) is 9.77. The third kappa shape index (κ3) is 47.2. The van der Waals surface area contributed by atoms with Crippen molar-refractivity contribution in [2.24, 2.45) is 0 Å². The van der Waals surface area contributed by atoms with Crippen molar-refractivity contribution in [3.8, 4) is 0 Å². The molecule has 0 aliphatic heterocycles. The van der Waals surface area contributed by atoms with Crippen LogP contribution in [-0.2, 0) is 23.8 Å². The summed E-state index contributed by atoms with van der Waals surface area (Å²) in [5, 5.41) is 0. The van der Waals surface area contributed by atoms with Crippen molar-refractivity contribution in [1.82, 2.24) is 0 Å². The Morgan fingerprint density at radius 2 is 0.750 bits per heavy atom. The van der Waals surface area contributed by atoms with Gasteiger partial charge in [-0.25, -0.2) is 0 Å². The van der Waals surface area contributed by atoms with Gasteiger partial charge in [-0.05, 0) is 116 Å². The van der Waals surface area contributed by atoms with Crippen LogP contribution >= 0.6 is 0 Å². The molecule has 0 aliphatic carbocycles. The number of unbranched alkanes of at least 4 members (excludes halogenated alkanes) is 14. The van der Waals surface area contributed by atoms with Crippen molar-refractivity contribution in [2.75, 3.05) is 19.8 Å². The highest BCUT2D eigenvalue weighted by atomic mass is 16.6. The van der Waals surface area contributed by atoms with E-state index in [2.05, 4.69) is 130 Å². The molecule has 0 bridgehead atoms. The normalized spacial score (nSPS) is 13.2. The van der Waals surface area contributed by atoms with Gasteiger partial charge in [-0.15, -0.1) is 0 Å². The molecule has 5 nitrogen and oxygen atoms in total. The number of rotatable bonds is 43. The highest BCUT2D eigenvalue weighted by Crippen LogP contribution is 2.12. The lowest BCUT2D eigenvalue weighted by Gasteiger charge is -2.18. The first-order valence-electron chi connectivity index (χ1n) is 24.4. The summed E-state index contributed by atoms with van der Waals surface area (Å²) in [4.78, 5) is 25.3. The van der Waals surface area contributed by atoms with Gasteiger partial charge in [0.05, 0.1) is 6.61 Å². The van der Waals surface area contributed by atoms with Crippen LogP contribution in [0.2, 0.25) is 0 Å². The highest BCUT2D eigenvalue weighted by Gasteiger charge is 2.17. The van der Waals surface area contributed by atoms with E-state index >= 15 is 0 Å². The van der Waals surface area contributed by atoms with Crippen molar-refractivity contribution in [3.63, 3.8) is 0 Å². The van der Waals surface area contributed by atoms with Crippen LogP contribution < -0.4 is 0 Å². The second kappa shape index (κ2) is 49.9. The standard InChI is InChI=1S/C55H90O5/c1-4-7-10-13-16-19-22-25-27-28-29-31-33-36-39-42-45-48-54(56)59-52-53(51-58-50-47-44-41-38-35-32-26-23-20-17-14-11-8-5-2)60-55(57)49-46-43-40-37-34-30-24-21-18-15-12-9-6-3/h8-9,11-12,16-21,25-27,30,32,34,38,41,53H,4-7,10,13-15,22-24,28-29,31,33,35-37,39-40,42-52H2,1-3H3/b11-8-,12-9-,19-16-,20-17-,21-18-,27-25-,32-26-,34-30-,41-38-. The monoisotopic (exact) mass is 831 g/mol. The van der Waals surface area contributed by atoms with E-state index < -0.39 is 6.10 Å². The fourth-order valence-electron chi connectivity index (χ4n) is 6.20. The van der Waals surface area contributed by atoms with Crippen LogP contribution in [0.4, 0.5) is 0 Å². The van der Waals surface area contributed by atoms with Gasteiger partial charge < -0.3 is 14.2 Å². The zero-order valence-electron chi connectivity index (χ0n) is 38.9. The molecule has 0 rings (SSSR count). The summed E-state index contributed by atoms with van der Waals surface area (Å²) < 4.78 is 17.3. The minimum Gasteiger partial charge on any atom is -0.462 e. The number of carbonyl (C=O) groups is 2. The Kier molecular flexibility index (Phi) is 47.1. The maximum Gasteiger partial charge on any atom is 0.306 e.